The summed E-state index contributed by atoms with van der Waals surface area (Å²) in [6, 6.07) is 0. The monoisotopic (exact) mass is 218 g/mol. The number of allylic oxidation sites excluding steroid dienone is 4. The first kappa shape index (κ1) is 10.00. The molecular weight excluding hydrogens is 204 g/mol. The predicted molar refractivity (Wildman–Crippen MR) is 58.8 cm³/mol. The molecule has 3 aliphatic rings. The zero-order valence-corrected chi connectivity index (χ0v) is 9.18. The lowest BCUT2D eigenvalue weighted by molar-refractivity contribution is -0.144. The van der Waals surface area contributed by atoms with Gasteiger partial charge in [-0.25, -0.2) is 0 Å². The molecule has 0 N–H and O–H groups in total. The van der Waals surface area contributed by atoms with Gasteiger partial charge < -0.3 is 9.47 Å². The number of ketones is 1. The lowest BCUT2D eigenvalue weighted by Crippen LogP contribution is -2.23. The molecule has 1 heterocycles. The Bertz CT molecular complexity index is 417. The molecule has 0 aromatic rings. The largest absolute Gasteiger partial charge is 0.335 e. The maximum Gasteiger partial charge on any atom is 0.218 e. The van der Waals surface area contributed by atoms with Crippen molar-refractivity contribution in [1.82, 2.24) is 0 Å². The Morgan fingerprint density at radius 2 is 2.06 bits per heavy atom. The third-order valence-electron chi connectivity index (χ3n) is 3.18. The van der Waals surface area contributed by atoms with Crippen molar-refractivity contribution in [2.45, 2.75) is 38.3 Å². The Labute approximate surface area is 94.4 Å². The Morgan fingerprint density at radius 3 is 2.81 bits per heavy atom. The molecule has 0 radical (unpaired) electrons. The highest BCUT2D eigenvalue weighted by molar-refractivity contribution is 5.79. The molecular formula is C13H14O3. The van der Waals surface area contributed by atoms with Crippen LogP contribution in [0.5, 0.6) is 0 Å². The third-order valence-corrected chi connectivity index (χ3v) is 3.18. The minimum Gasteiger partial charge on any atom is -0.335 e. The summed E-state index contributed by atoms with van der Waals surface area (Å²) in [5.41, 5.74) is 2.54. The number of carbonyl (C=O) groups excluding carboxylic acids is 1. The molecule has 3 rings (SSSR count). The number of hydrogen-bond acceptors (Lipinski definition) is 3. The van der Waals surface area contributed by atoms with E-state index in [9.17, 15) is 4.79 Å². The molecule has 0 aromatic carbocycles. The number of rotatable bonds is 1. The average molecular weight is 218 g/mol. The molecule has 1 fully saturated rings. The molecule has 1 aliphatic heterocycles. The van der Waals surface area contributed by atoms with E-state index in [1.54, 1.807) is 0 Å². The van der Waals surface area contributed by atoms with Gasteiger partial charge in [0.25, 0.3) is 0 Å². The molecule has 0 amide bonds. The number of carbonyl (C=O) groups is 1. The molecule has 3 nitrogen and oxygen atoms in total. The predicted octanol–water partition coefficient (Wildman–Crippen LogP) is 1.90. The zero-order valence-electron chi connectivity index (χ0n) is 9.18. The van der Waals surface area contributed by atoms with Crippen molar-refractivity contribution in [3.05, 3.63) is 35.5 Å². The van der Waals surface area contributed by atoms with Gasteiger partial charge in [-0.3, -0.25) is 4.79 Å². The van der Waals surface area contributed by atoms with Gasteiger partial charge in [-0.15, -0.1) is 0 Å². The van der Waals surface area contributed by atoms with Crippen LogP contribution in [0.25, 0.3) is 0 Å². The fourth-order valence-electron chi connectivity index (χ4n) is 2.35. The third kappa shape index (κ3) is 1.56. The molecule has 0 saturated carbocycles. The van der Waals surface area contributed by atoms with Crippen LogP contribution >= 0.6 is 0 Å². The van der Waals surface area contributed by atoms with Crippen LogP contribution in [0, 0.1) is 0 Å². The minimum atomic E-state index is -0.687. The molecule has 84 valence electrons. The summed E-state index contributed by atoms with van der Waals surface area (Å²) in [6.45, 7) is 1.50. The smallest absolute Gasteiger partial charge is 0.218 e. The molecule has 16 heavy (non-hydrogen) atoms. The average Bonchev–Trinajstić information content (AvgIpc) is 2.68. The summed E-state index contributed by atoms with van der Waals surface area (Å²) in [6.07, 6.45) is 9.72. The molecule has 3 atom stereocenters. The summed E-state index contributed by atoms with van der Waals surface area (Å²) >= 11 is 0. The number of Topliss-reactive ketones (excluding diaryl/α,β-unsaturated/α-hetero) is 1. The summed E-state index contributed by atoms with van der Waals surface area (Å²) in [7, 11) is 0. The van der Waals surface area contributed by atoms with E-state index in [0.717, 1.165) is 12.8 Å². The second-order valence-corrected chi connectivity index (χ2v) is 4.40. The Kier molecular flexibility index (Phi) is 2.30. The standard InChI is InChI=1S/C13H14O3/c1-8(14)13-15-11-6-9-4-2-3-5-10(9)7-12(11)16-13/h2,4,6-7,11-13H,3,5H2,1H3/t11-,12-,13-/m0/s1. The van der Waals surface area contributed by atoms with E-state index in [4.69, 9.17) is 9.47 Å². The Morgan fingerprint density at radius 1 is 1.31 bits per heavy atom. The van der Waals surface area contributed by atoms with Gasteiger partial charge >= 0.3 is 0 Å². The first-order valence-corrected chi connectivity index (χ1v) is 5.65. The van der Waals surface area contributed by atoms with Crippen LogP contribution < -0.4 is 0 Å². The quantitative estimate of drug-likeness (QED) is 0.674. The zero-order chi connectivity index (χ0) is 11.1. The molecule has 1 saturated heterocycles. The van der Waals surface area contributed by atoms with Gasteiger partial charge in [-0.05, 0) is 43.1 Å². The van der Waals surface area contributed by atoms with Crippen LogP contribution in [-0.4, -0.2) is 24.3 Å². The lowest BCUT2D eigenvalue weighted by Gasteiger charge is -2.22. The number of ether oxygens (including phenoxy) is 2. The van der Waals surface area contributed by atoms with E-state index in [1.807, 2.05) is 0 Å². The van der Waals surface area contributed by atoms with Crippen molar-refractivity contribution < 1.29 is 14.3 Å². The maximum absolute atomic E-state index is 11.2. The fourth-order valence-corrected chi connectivity index (χ4v) is 2.35. The van der Waals surface area contributed by atoms with E-state index < -0.39 is 6.29 Å². The first-order valence-electron chi connectivity index (χ1n) is 5.65. The van der Waals surface area contributed by atoms with Gasteiger partial charge in [-0.1, -0.05) is 12.2 Å². The second kappa shape index (κ2) is 3.68. The van der Waals surface area contributed by atoms with Crippen molar-refractivity contribution in [3.8, 4) is 0 Å². The van der Waals surface area contributed by atoms with Gasteiger partial charge in [0.05, 0.1) is 0 Å². The first-order chi connectivity index (χ1) is 7.74. The van der Waals surface area contributed by atoms with Crippen LogP contribution in [-0.2, 0) is 14.3 Å². The highest BCUT2D eigenvalue weighted by Gasteiger charge is 2.38. The van der Waals surface area contributed by atoms with Gasteiger partial charge in [0, 0.05) is 0 Å². The van der Waals surface area contributed by atoms with Gasteiger partial charge in [0.2, 0.25) is 6.29 Å². The SMILES string of the molecule is CC(=O)[C@H]1O[C@H]2C=C3C=CCCC3=C[C@@H]2O1. The van der Waals surface area contributed by atoms with E-state index in [1.165, 1.54) is 18.1 Å². The maximum atomic E-state index is 11.2. The van der Waals surface area contributed by atoms with Gasteiger partial charge in [0.15, 0.2) is 5.78 Å². The number of hydrogen-bond donors (Lipinski definition) is 0. The van der Waals surface area contributed by atoms with Crippen molar-refractivity contribution in [3.63, 3.8) is 0 Å². The summed E-state index contributed by atoms with van der Waals surface area (Å²) in [5, 5.41) is 0. The minimum absolute atomic E-state index is 0.0651. The summed E-state index contributed by atoms with van der Waals surface area (Å²) in [5.74, 6) is -0.0651. The van der Waals surface area contributed by atoms with E-state index in [-0.39, 0.29) is 18.0 Å². The van der Waals surface area contributed by atoms with Crippen LogP contribution in [0.3, 0.4) is 0 Å². The van der Waals surface area contributed by atoms with Crippen molar-refractivity contribution in [1.29, 1.82) is 0 Å². The molecule has 2 aliphatic carbocycles. The Balaban J connectivity index is 1.87. The molecule has 0 spiro atoms. The summed E-state index contributed by atoms with van der Waals surface area (Å²) in [4.78, 5) is 11.2. The van der Waals surface area contributed by atoms with Gasteiger partial charge in [-0.2, -0.15) is 0 Å². The Hall–Kier alpha value is -1.19. The normalized spacial score (nSPS) is 36.2. The van der Waals surface area contributed by atoms with Crippen molar-refractivity contribution >= 4 is 5.78 Å². The van der Waals surface area contributed by atoms with Crippen LogP contribution in [0.4, 0.5) is 0 Å². The van der Waals surface area contributed by atoms with Crippen molar-refractivity contribution in [2.24, 2.45) is 0 Å². The highest BCUT2D eigenvalue weighted by Crippen LogP contribution is 2.34. The summed E-state index contributed by atoms with van der Waals surface area (Å²) < 4.78 is 11.1. The molecule has 0 bridgehead atoms. The van der Waals surface area contributed by atoms with Crippen LogP contribution in [0.15, 0.2) is 35.5 Å². The topological polar surface area (TPSA) is 35.5 Å². The lowest BCUT2D eigenvalue weighted by atomic mass is 9.88. The molecule has 0 aromatic heterocycles. The van der Waals surface area contributed by atoms with E-state index in [2.05, 4.69) is 24.3 Å². The van der Waals surface area contributed by atoms with E-state index in [0.29, 0.717) is 0 Å². The fraction of sp³-hybridized carbons (Fsp3) is 0.462. The van der Waals surface area contributed by atoms with Gasteiger partial charge in [0.1, 0.15) is 12.2 Å². The van der Waals surface area contributed by atoms with Crippen LogP contribution in [0.1, 0.15) is 19.8 Å². The molecule has 0 unspecified atom stereocenters. The van der Waals surface area contributed by atoms with Crippen molar-refractivity contribution in [2.75, 3.05) is 0 Å². The number of fused-ring (bicyclic) bond motifs is 2. The van der Waals surface area contributed by atoms with E-state index >= 15 is 0 Å². The second-order valence-electron chi connectivity index (χ2n) is 4.40. The highest BCUT2D eigenvalue weighted by atomic mass is 16.7. The molecule has 3 heteroatoms. The van der Waals surface area contributed by atoms with Crippen LogP contribution in [0.2, 0.25) is 0 Å².